The first-order chi connectivity index (χ1) is 9.28. The molecule has 0 atom stereocenters. The van der Waals surface area contributed by atoms with E-state index in [2.05, 4.69) is 10.6 Å². The molecule has 0 bridgehead atoms. The van der Waals surface area contributed by atoms with Crippen molar-refractivity contribution in [2.24, 2.45) is 0 Å². The highest BCUT2D eigenvalue weighted by atomic mass is 16.5. The predicted molar refractivity (Wildman–Crippen MR) is 70.4 cm³/mol. The maximum Gasteiger partial charge on any atom is 0.234 e. The van der Waals surface area contributed by atoms with Crippen LogP contribution in [0.15, 0.2) is 24.3 Å². The van der Waals surface area contributed by atoms with Crippen LogP contribution in [-0.4, -0.2) is 25.1 Å². The molecule has 1 aliphatic carbocycles. The highest BCUT2D eigenvalue weighted by Crippen LogP contribution is 2.18. The van der Waals surface area contributed by atoms with Gasteiger partial charge in [-0.05, 0) is 30.5 Å². The van der Waals surface area contributed by atoms with Crippen LogP contribution in [0.4, 0.5) is 0 Å². The average molecular weight is 259 g/mol. The van der Waals surface area contributed by atoms with Gasteiger partial charge in [0.15, 0.2) is 6.61 Å². The molecule has 1 saturated carbocycles. The topological polar surface area (TPSA) is 74.1 Å². The van der Waals surface area contributed by atoms with Crippen LogP contribution in [0.1, 0.15) is 18.4 Å². The van der Waals surface area contributed by atoms with E-state index in [-0.39, 0.29) is 12.5 Å². The molecule has 0 heterocycles. The minimum atomic E-state index is 0.0411. The molecule has 5 nitrogen and oxygen atoms in total. The van der Waals surface area contributed by atoms with Crippen molar-refractivity contribution in [3.63, 3.8) is 0 Å². The molecule has 0 spiro atoms. The second-order valence-electron chi connectivity index (χ2n) is 4.54. The number of ether oxygens (including phenoxy) is 1. The lowest BCUT2D eigenvalue weighted by molar-refractivity contribution is -0.120. The maximum atomic E-state index is 11.5. The lowest BCUT2D eigenvalue weighted by Crippen LogP contribution is -2.34. The summed E-state index contributed by atoms with van der Waals surface area (Å²) < 4.78 is 5.22. The van der Waals surface area contributed by atoms with E-state index in [4.69, 9.17) is 10.00 Å². The van der Waals surface area contributed by atoms with Crippen LogP contribution < -0.4 is 15.4 Å². The number of nitriles is 1. The van der Waals surface area contributed by atoms with Crippen molar-refractivity contribution in [3.8, 4) is 11.8 Å². The first kappa shape index (κ1) is 13.4. The Hall–Kier alpha value is -2.06. The van der Waals surface area contributed by atoms with E-state index in [9.17, 15) is 4.79 Å². The van der Waals surface area contributed by atoms with Crippen molar-refractivity contribution in [2.75, 3.05) is 13.2 Å². The molecular formula is C14H17N3O2. The third kappa shape index (κ3) is 4.98. The number of amides is 1. The van der Waals surface area contributed by atoms with Crippen molar-refractivity contribution in [3.05, 3.63) is 29.8 Å². The van der Waals surface area contributed by atoms with Gasteiger partial charge in [0, 0.05) is 12.6 Å². The zero-order valence-corrected chi connectivity index (χ0v) is 10.7. The minimum absolute atomic E-state index is 0.0411. The Kier molecular flexibility index (Phi) is 4.76. The number of hydrogen-bond donors (Lipinski definition) is 2. The normalized spacial score (nSPS) is 13.6. The standard InChI is InChI=1S/C14H17N3O2/c15-6-7-19-13-3-1-2-11(8-13)9-16-10-14(18)17-12-4-5-12/h1-3,8,12,16H,4-5,7,9-10H2,(H,17,18). The number of hydrogen-bond acceptors (Lipinski definition) is 4. The van der Waals surface area contributed by atoms with E-state index in [1.807, 2.05) is 24.3 Å². The highest BCUT2D eigenvalue weighted by Gasteiger charge is 2.22. The van der Waals surface area contributed by atoms with Gasteiger partial charge in [0.05, 0.1) is 6.54 Å². The van der Waals surface area contributed by atoms with Gasteiger partial charge in [-0.1, -0.05) is 12.1 Å². The van der Waals surface area contributed by atoms with Crippen LogP contribution in [0, 0.1) is 11.3 Å². The Morgan fingerprint density at radius 1 is 1.47 bits per heavy atom. The molecule has 2 rings (SSSR count). The molecule has 100 valence electrons. The fourth-order valence-corrected chi connectivity index (χ4v) is 1.69. The van der Waals surface area contributed by atoms with Crippen LogP contribution in [0.5, 0.6) is 5.75 Å². The Morgan fingerprint density at radius 2 is 2.32 bits per heavy atom. The number of carbonyl (C=O) groups is 1. The third-order valence-corrected chi connectivity index (χ3v) is 2.76. The molecule has 19 heavy (non-hydrogen) atoms. The van der Waals surface area contributed by atoms with Gasteiger partial charge >= 0.3 is 0 Å². The molecule has 5 heteroatoms. The van der Waals surface area contributed by atoms with E-state index in [0.29, 0.717) is 24.9 Å². The summed E-state index contributed by atoms with van der Waals surface area (Å²) in [6, 6.07) is 9.82. The number of nitrogens with one attached hydrogen (secondary N) is 2. The summed E-state index contributed by atoms with van der Waals surface area (Å²) in [7, 11) is 0. The SMILES string of the molecule is N#CCOc1cccc(CNCC(=O)NC2CC2)c1. The summed E-state index contributed by atoms with van der Waals surface area (Å²) in [6.07, 6.45) is 2.20. The van der Waals surface area contributed by atoms with Gasteiger partial charge in [-0.3, -0.25) is 4.79 Å². The zero-order chi connectivity index (χ0) is 13.5. The van der Waals surface area contributed by atoms with E-state index in [0.717, 1.165) is 18.4 Å². The molecular weight excluding hydrogens is 242 g/mol. The molecule has 2 N–H and O–H groups in total. The summed E-state index contributed by atoms with van der Waals surface area (Å²) in [6.45, 7) is 0.961. The number of nitrogens with zero attached hydrogens (tertiary/aromatic N) is 1. The largest absolute Gasteiger partial charge is 0.479 e. The third-order valence-electron chi connectivity index (χ3n) is 2.76. The Bertz CT molecular complexity index is 478. The van der Waals surface area contributed by atoms with Gasteiger partial charge in [0.25, 0.3) is 0 Å². The highest BCUT2D eigenvalue weighted by molar-refractivity contribution is 5.78. The lowest BCUT2D eigenvalue weighted by atomic mass is 10.2. The van der Waals surface area contributed by atoms with Gasteiger partial charge in [-0.25, -0.2) is 0 Å². The van der Waals surface area contributed by atoms with E-state index >= 15 is 0 Å². The Balaban J connectivity index is 1.72. The zero-order valence-electron chi connectivity index (χ0n) is 10.7. The summed E-state index contributed by atoms with van der Waals surface area (Å²) in [5.74, 6) is 0.711. The summed E-state index contributed by atoms with van der Waals surface area (Å²) in [4.78, 5) is 11.5. The quantitative estimate of drug-likeness (QED) is 0.764. The molecule has 0 aromatic heterocycles. The van der Waals surface area contributed by atoms with Gasteiger partial charge in [-0.2, -0.15) is 5.26 Å². The van der Waals surface area contributed by atoms with Crippen molar-refractivity contribution >= 4 is 5.91 Å². The molecule has 1 amide bonds. The number of benzene rings is 1. The minimum Gasteiger partial charge on any atom is -0.479 e. The van der Waals surface area contributed by atoms with Crippen LogP contribution >= 0.6 is 0 Å². The molecule has 1 fully saturated rings. The Morgan fingerprint density at radius 3 is 3.05 bits per heavy atom. The monoisotopic (exact) mass is 259 g/mol. The molecule has 0 saturated heterocycles. The van der Waals surface area contributed by atoms with Crippen LogP contribution in [0.25, 0.3) is 0 Å². The van der Waals surface area contributed by atoms with Crippen molar-refractivity contribution < 1.29 is 9.53 Å². The van der Waals surface area contributed by atoms with Crippen molar-refractivity contribution in [1.29, 1.82) is 5.26 Å². The van der Waals surface area contributed by atoms with E-state index in [1.165, 1.54) is 0 Å². The summed E-state index contributed by atoms with van der Waals surface area (Å²) in [5.41, 5.74) is 1.02. The first-order valence-corrected chi connectivity index (χ1v) is 6.36. The van der Waals surface area contributed by atoms with Crippen LogP contribution in [0.3, 0.4) is 0 Å². The van der Waals surface area contributed by atoms with Gasteiger partial charge < -0.3 is 15.4 Å². The second-order valence-corrected chi connectivity index (χ2v) is 4.54. The Labute approximate surface area is 112 Å². The fourth-order valence-electron chi connectivity index (χ4n) is 1.69. The van der Waals surface area contributed by atoms with Gasteiger partial charge in [-0.15, -0.1) is 0 Å². The first-order valence-electron chi connectivity index (χ1n) is 6.36. The van der Waals surface area contributed by atoms with Crippen LogP contribution in [-0.2, 0) is 11.3 Å². The van der Waals surface area contributed by atoms with E-state index in [1.54, 1.807) is 6.07 Å². The van der Waals surface area contributed by atoms with Crippen LogP contribution in [0.2, 0.25) is 0 Å². The molecule has 1 aromatic carbocycles. The lowest BCUT2D eigenvalue weighted by Gasteiger charge is -2.07. The van der Waals surface area contributed by atoms with Gasteiger partial charge in [0.2, 0.25) is 5.91 Å². The van der Waals surface area contributed by atoms with Gasteiger partial charge in [0.1, 0.15) is 11.8 Å². The van der Waals surface area contributed by atoms with Crippen molar-refractivity contribution in [1.82, 2.24) is 10.6 Å². The molecule has 1 aromatic rings. The fraction of sp³-hybridized carbons (Fsp3) is 0.429. The molecule has 0 unspecified atom stereocenters. The smallest absolute Gasteiger partial charge is 0.234 e. The van der Waals surface area contributed by atoms with Crippen molar-refractivity contribution in [2.45, 2.75) is 25.4 Å². The molecule has 0 radical (unpaired) electrons. The summed E-state index contributed by atoms with van der Waals surface area (Å²) >= 11 is 0. The summed E-state index contributed by atoms with van der Waals surface area (Å²) in [5, 5.41) is 14.4. The average Bonchev–Trinajstić information content (AvgIpc) is 3.21. The number of rotatable bonds is 7. The second kappa shape index (κ2) is 6.76. The molecule has 1 aliphatic rings. The maximum absolute atomic E-state index is 11.5. The molecule has 0 aliphatic heterocycles. The predicted octanol–water partition coefficient (Wildman–Crippen LogP) is 0.957. The number of carbonyl (C=O) groups excluding carboxylic acids is 1. The van der Waals surface area contributed by atoms with E-state index < -0.39 is 0 Å².